The Morgan fingerprint density at radius 2 is 1.92 bits per heavy atom. The van der Waals surface area contributed by atoms with E-state index < -0.39 is 28.3 Å². The molecule has 0 bridgehead atoms. The molecule has 184 valence electrons. The Bertz CT molecular complexity index is 1530. The molecule has 0 spiro atoms. The molecule has 0 fully saturated rings. The number of para-hydroxylation sites is 1. The van der Waals surface area contributed by atoms with E-state index in [0.717, 1.165) is 16.8 Å². The van der Waals surface area contributed by atoms with Gasteiger partial charge >= 0.3 is 5.97 Å². The summed E-state index contributed by atoms with van der Waals surface area (Å²) in [5, 5.41) is 9.20. The first-order valence-corrected chi connectivity index (χ1v) is 13.7. The fourth-order valence-electron chi connectivity index (χ4n) is 3.19. The lowest BCUT2D eigenvalue weighted by Crippen LogP contribution is -2.20. The number of anilines is 1. The number of carbonyl (C=O) groups excluding carboxylic acids is 2. The van der Waals surface area contributed by atoms with Gasteiger partial charge in [-0.25, -0.2) is 17.9 Å². The fraction of sp³-hybridized carbons (Fsp3) is 0.0800. The summed E-state index contributed by atoms with van der Waals surface area (Å²) < 4.78 is 30.2. The minimum atomic E-state index is -3.48. The number of benzene rings is 2. The average Bonchev–Trinajstić information content (AvgIpc) is 3.53. The molecule has 4 rings (SSSR count). The normalized spacial score (nSPS) is 11.5. The van der Waals surface area contributed by atoms with Gasteiger partial charge in [-0.2, -0.15) is 5.10 Å². The molecule has 0 saturated carbocycles. The van der Waals surface area contributed by atoms with Crippen LogP contribution in [0.4, 0.5) is 5.69 Å². The highest BCUT2D eigenvalue weighted by Gasteiger charge is 2.14. The van der Waals surface area contributed by atoms with E-state index in [-0.39, 0.29) is 15.6 Å². The predicted molar refractivity (Wildman–Crippen MR) is 140 cm³/mol. The largest absolute Gasteiger partial charge is 0.452 e. The molecule has 0 aliphatic carbocycles. The first-order chi connectivity index (χ1) is 17.2. The third-order valence-corrected chi connectivity index (χ3v) is 7.22. The van der Waals surface area contributed by atoms with Crippen LogP contribution in [0.5, 0.6) is 0 Å². The summed E-state index contributed by atoms with van der Waals surface area (Å²) >= 11 is 7.56. The van der Waals surface area contributed by atoms with E-state index in [9.17, 15) is 18.0 Å². The predicted octanol–water partition coefficient (Wildman–Crippen LogP) is 4.85. The molecule has 2 heterocycles. The second kappa shape index (κ2) is 10.9. The number of halogens is 1. The summed E-state index contributed by atoms with van der Waals surface area (Å²) in [7, 11) is -3.48. The van der Waals surface area contributed by atoms with Crippen molar-refractivity contribution >= 4 is 56.4 Å². The van der Waals surface area contributed by atoms with Gasteiger partial charge in [0.15, 0.2) is 16.4 Å². The molecule has 4 aromatic rings. The van der Waals surface area contributed by atoms with E-state index in [1.807, 2.05) is 47.8 Å². The topological polar surface area (TPSA) is 107 Å². The number of ether oxygens (including phenoxy) is 1. The van der Waals surface area contributed by atoms with Crippen LogP contribution in [-0.4, -0.2) is 42.9 Å². The van der Waals surface area contributed by atoms with Crippen molar-refractivity contribution in [2.75, 3.05) is 18.2 Å². The van der Waals surface area contributed by atoms with Crippen LogP contribution in [-0.2, 0) is 24.2 Å². The zero-order chi connectivity index (χ0) is 25.7. The Morgan fingerprint density at radius 3 is 2.61 bits per heavy atom. The second-order valence-electron chi connectivity index (χ2n) is 7.59. The van der Waals surface area contributed by atoms with Crippen LogP contribution >= 0.6 is 22.9 Å². The Labute approximate surface area is 216 Å². The number of rotatable bonds is 8. The van der Waals surface area contributed by atoms with Gasteiger partial charge in [-0.1, -0.05) is 35.9 Å². The number of thiophene rings is 1. The number of esters is 1. The Hall–Kier alpha value is -3.73. The van der Waals surface area contributed by atoms with Gasteiger partial charge < -0.3 is 10.1 Å². The first-order valence-electron chi connectivity index (χ1n) is 10.5. The maximum Gasteiger partial charge on any atom is 0.331 e. The van der Waals surface area contributed by atoms with Crippen molar-refractivity contribution in [2.45, 2.75) is 4.90 Å². The van der Waals surface area contributed by atoms with Crippen molar-refractivity contribution in [1.82, 2.24) is 9.78 Å². The molecule has 0 aliphatic rings. The summed E-state index contributed by atoms with van der Waals surface area (Å²) in [6, 6.07) is 17.4. The van der Waals surface area contributed by atoms with Gasteiger partial charge in [0.2, 0.25) is 0 Å². The van der Waals surface area contributed by atoms with Crippen LogP contribution in [0.15, 0.2) is 83.2 Å². The maximum absolute atomic E-state index is 12.3. The van der Waals surface area contributed by atoms with Crippen LogP contribution in [0.1, 0.15) is 5.56 Å². The van der Waals surface area contributed by atoms with Crippen LogP contribution < -0.4 is 5.32 Å². The van der Waals surface area contributed by atoms with Gasteiger partial charge in [0, 0.05) is 24.1 Å². The minimum Gasteiger partial charge on any atom is -0.452 e. The van der Waals surface area contributed by atoms with Crippen molar-refractivity contribution < 1.29 is 22.7 Å². The van der Waals surface area contributed by atoms with E-state index in [4.69, 9.17) is 16.3 Å². The number of nitrogens with zero attached hydrogens (tertiary/aromatic N) is 2. The number of aromatic nitrogens is 2. The summed E-state index contributed by atoms with van der Waals surface area (Å²) in [6.07, 6.45) is 5.64. The van der Waals surface area contributed by atoms with Crippen molar-refractivity contribution in [2.24, 2.45) is 0 Å². The molecule has 1 N–H and O–H groups in total. The van der Waals surface area contributed by atoms with E-state index in [1.54, 1.807) is 17.0 Å². The number of hydrogen-bond acceptors (Lipinski definition) is 7. The summed E-state index contributed by atoms with van der Waals surface area (Å²) in [5.74, 6) is -1.40. The van der Waals surface area contributed by atoms with E-state index in [2.05, 4.69) is 10.4 Å². The maximum atomic E-state index is 12.3. The van der Waals surface area contributed by atoms with Gasteiger partial charge in [-0.15, -0.1) is 11.3 Å². The molecule has 0 aliphatic heterocycles. The summed E-state index contributed by atoms with van der Waals surface area (Å²) in [6.45, 7) is -0.580. The molecule has 0 atom stereocenters. The van der Waals surface area contributed by atoms with Crippen molar-refractivity contribution in [3.8, 4) is 16.3 Å². The summed E-state index contributed by atoms with van der Waals surface area (Å²) in [5.41, 5.74) is 2.38. The number of sulfone groups is 1. The molecule has 8 nitrogen and oxygen atoms in total. The van der Waals surface area contributed by atoms with Crippen LogP contribution in [0.25, 0.3) is 22.3 Å². The SMILES string of the molecule is CS(=O)(=O)c1ccc(Cl)c(NC(=O)COC(=O)C=Cc2cn(-c3ccccc3)nc2-c2cccs2)c1. The van der Waals surface area contributed by atoms with Crippen molar-refractivity contribution in [1.29, 1.82) is 0 Å². The zero-order valence-corrected chi connectivity index (χ0v) is 21.3. The van der Waals surface area contributed by atoms with Crippen LogP contribution in [0.2, 0.25) is 5.02 Å². The van der Waals surface area contributed by atoms with E-state index in [0.29, 0.717) is 11.3 Å². The van der Waals surface area contributed by atoms with E-state index >= 15 is 0 Å². The van der Waals surface area contributed by atoms with Crippen LogP contribution in [0, 0.1) is 0 Å². The molecule has 0 unspecified atom stereocenters. The Balaban J connectivity index is 1.43. The highest BCUT2D eigenvalue weighted by molar-refractivity contribution is 7.90. The number of amides is 1. The standard InChI is InChI=1S/C25H20ClN3O5S2/c1-36(32,33)19-10-11-20(26)21(14-19)27-23(30)16-34-24(31)12-9-17-15-29(18-6-3-2-4-7-18)28-25(17)22-8-5-13-35-22/h2-15H,16H2,1H3,(H,27,30). The fourth-order valence-corrected chi connectivity index (χ4v) is 4.73. The lowest BCUT2D eigenvalue weighted by atomic mass is 10.2. The number of carbonyl (C=O) groups is 2. The molecular formula is C25H20ClN3O5S2. The first kappa shape index (κ1) is 25.4. The van der Waals surface area contributed by atoms with Crippen LogP contribution in [0.3, 0.4) is 0 Å². The smallest absolute Gasteiger partial charge is 0.331 e. The highest BCUT2D eigenvalue weighted by Crippen LogP contribution is 2.29. The van der Waals surface area contributed by atoms with Gasteiger partial charge in [-0.05, 0) is 47.9 Å². The highest BCUT2D eigenvalue weighted by atomic mass is 35.5. The van der Waals surface area contributed by atoms with Gasteiger partial charge in [-0.3, -0.25) is 4.79 Å². The molecule has 11 heteroatoms. The average molecular weight is 542 g/mol. The van der Waals surface area contributed by atoms with Gasteiger partial charge in [0.1, 0.15) is 5.69 Å². The molecule has 0 radical (unpaired) electrons. The van der Waals surface area contributed by atoms with Gasteiger partial charge in [0.25, 0.3) is 5.91 Å². The lowest BCUT2D eigenvalue weighted by molar-refractivity contribution is -0.142. The quantitative estimate of drug-likeness (QED) is 0.252. The molecule has 1 amide bonds. The third kappa shape index (κ3) is 6.28. The number of nitrogens with one attached hydrogen (secondary N) is 1. The molecular weight excluding hydrogens is 522 g/mol. The van der Waals surface area contributed by atoms with Crippen molar-refractivity contribution in [3.05, 3.63) is 88.9 Å². The molecule has 0 saturated heterocycles. The Kier molecular flexibility index (Phi) is 7.68. The monoisotopic (exact) mass is 541 g/mol. The molecule has 2 aromatic carbocycles. The minimum absolute atomic E-state index is 0.000257. The molecule has 36 heavy (non-hydrogen) atoms. The van der Waals surface area contributed by atoms with Gasteiger partial charge in [0.05, 0.1) is 26.2 Å². The molecule has 2 aromatic heterocycles. The van der Waals surface area contributed by atoms with E-state index in [1.165, 1.54) is 35.6 Å². The van der Waals surface area contributed by atoms with Crippen molar-refractivity contribution in [3.63, 3.8) is 0 Å². The Morgan fingerprint density at radius 1 is 1.14 bits per heavy atom. The number of hydrogen-bond donors (Lipinski definition) is 1. The zero-order valence-electron chi connectivity index (χ0n) is 18.9. The summed E-state index contributed by atoms with van der Waals surface area (Å²) in [4.78, 5) is 25.5. The lowest BCUT2D eigenvalue weighted by Gasteiger charge is -2.09. The second-order valence-corrected chi connectivity index (χ2v) is 11.0. The third-order valence-electron chi connectivity index (χ3n) is 4.90.